The number of hydrogen-bond donors (Lipinski definition) is 1. The number of rotatable bonds is 16. The van der Waals surface area contributed by atoms with Gasteiger partial charge in [0.25, 0.3) is 0 Å². The molecule has 0 bridgehead atoms. The average molecular weight is 621 g/mol. The Morgan fingerprint density at radius 1 is 1.09 bits per heavy atom. The van der Waals surface area contributed by atoms with Gasteiger partial charge in [0.15, 0.2) is 17.8 Å². The Morgan fingerprint density at radius 3 is 2.43 bits per heavy atom. The van der Waals surface area contributed by atoms with E-state index in [0.29, 0.717) is 56.5 Å². The number of fused-ring (bicyclic) bond motifs is 1. The van der Waals surface area contributed by atoms with E-state index in [1.165, 1.54) is 0 Å². The van der Waals surface area contributed by atoms with Gasteiger partial charge >= 0.3 is 5.97 Å². The monoisotopic (exact) mass is 620 g/mol. The maximum absolute atomic E-state index is 14.0. The predicted octanol–water partition coefficient (Wildman–Crippen LogP) is 3.80. The van der Waals surface area contributed by atoms with Gasteiger partial charge in [-0.15, -0.1) is 0 Å². The van der Waals surface area contributed by atoms with Crippen molar-refractivity contribution in [3.63, 3.8) is 0 Å². The number of ether oxygens (including phenoxy) is 5. The fourth-order valence-electron chi connectivity index (χ4n) is 6.77. The number of methoxy groups -OCH3 is 1. The van der Waals surface area contributed by atoms with Crippen molar-refractivity contribution in [2.75, 3.05) is 81.0 Å². The van der Waals surface area contributed by atoms with Gasteiger partial charge in [0.05, 0.1) is 60.5 Å². The third-order valence-electron chi connectivity index (χ3n) is 9.12. The second kappa shape index (κ2) is 14.7. The Morgan fingerprint density at radius 2 is 1.80 bits per heavy atom. The largest absolute Gasteiger partial charge is 0.493 e. The molecule has 3 heterocycles. The number of aliphatic carboxylic acids is 1. The highest BCUT2D eigenvalue weighted by Gasteiger charge is 2.51. The van der Waals surface area contributed by atoms with Crippen molar-refractivity contribution in [1.29, 1.82) is 0 Å². The maximum atomic E-state index is 14.0. The van der Waals surface area contributed by atoms with Crippen molar-refractivity contribution in [2.24, 2.45) is 11.3 Å². The first-order chi connectivity index (χ1) is 20.8. The van der Waals surface area contributed by atoms with Gasteiger partial charge in [0, 0.05) is 37.0 Å². The van der Waals surface area contributed by atoms with Gasteiger partial charge in [-0.25, -0.2) is 0 Å². The van der Waals surface area contributed by atoms with Gasteiger partial charge in [-0.3, -0.25) is 14.5 Å². The van der Waals surface area contributed by atoms with Gasteiger partial charge in [-0.1, -0.05) is 27.2 Å². The standard InChI is InChI=1S/C33H53N3O8/c1-8-9-12-34(13-10-11-14-36(4,5)6)28(37)21-35-20-24(23-17-26(40-7)30-27(18-23)43-22-44-30)29(31(38)39)25(35)19-33(2,3)32-41-15-16-42-32/h17-18,24-25,29,32H,8-16,19-22H2,1-7H3/p+1/t24-,25+,29-/m1/s1. The molecule has 1 aromatic carbocycles. The van der Waals surface area contributed by atoms with E-state index in [0.717, 1.165) is 42.3 Å². The van der Waals surface area contributed by atoms with Gasteiger partial charge in [0.2, 0.25) is 18.4 Å². The Labute approximate surface area is 262 Å². The third-order valence-corrected chi connectivity index (χ3v) is 9.12. The summed E-state index contributed by atoms with van der Waals surface area (Å²) in [6.07, 6.45) is 3.98. The molecule has 248 valence electrons. The lowest BCUT2D eigenvalue weighted by Crippen LogP contribution is -2.47. The topological polar surface area (TPSA) is 107 Å². The molecule has 3 atom stereocenters. The van der Waals surface area contributed by atoms with E-state index < -0.39 is 29.6 Å². The zero-order chi connectivity index (χ0) is 32.1. The Balaban J connectivity index is 1.61. The average Bonchev–Trinajstić information content (AvgIpc) is 3.72. The number of amides is 1. The Bertz CT molecular complexity index is 1130. The van der Waals surface area contributed by atoms with Gasteiger partial charge in [0.1, 0.15) is 0 Å². The van der Waals surface area contributed by atoms with E-state index in [-0.39, 0.29) is 25.2 Å². The summed E-state index contributed by atoms with van der Waals surface area (Å²) < 4.78 is 29.5. The van der Waals surface area contributed by atoms with E-state index in [1.807, 2.05) is 17.0 Å². The highest BCUT2D eigenvalue weighted by atomic mass is 16.7. The van der Waals surface area contributed by atoms with Crippen LogP contribution in [0.3, 0.4) is 0 Å². The van der Waals surface area contributed by atoms with Crippen LogP contribution < -0.4 is 14.2 Å². The van der Waals surface area contributed by atoms with Crippen molar-refractivity contribution in [3.05, 3.63) is 17.7 Å². The zero-order valence-electron chi connectivity index (χ0n) is 27.8. The summed E-state index contributed by atoms with van der Waals surface area (Å²) in [5.74, 6) is -0.407. The van der Waals surface area contributed by atoms with Crippen molar-refractivity contribution < 1.29 is 42.9 Å². The fraction of sp³-hybridized carbons (Fsp3) is 0.758. The molecule has 0 aromatic heterocycles. The van der Waals surface area contributed by atoms with Crippen LogP contribution in [0.5, 0.6) is 17.2 Å². The molecule has 1 amide bonds. The number of nitrogens with zero attached hydrogens (tertiary/aromatic N) is 3. The highest BCUT2D eigenvalue weighted by molar-refractivity contribution is 5.79. The lowest BCUT2D eigenvalue weighted by atomic mass is 9.77. The molecule has 0 spiro atoms. The first-order valence-corrected chi connectivity index (χ1v) is 16.1. The molecule has 0 aliphatic carbocycles. The summed E-state index contributed by atoms with van der Waals surface area (Å²) in [4.78, 5) is 31.1. The van der Waals surface area contributed by atoms with Crippen LogP contribution in [0.25, 0.3) is 0 Å². The maximum Gasteiger partial charge on any atom is 0.308 e. The van der Waals surface area contributed by atoms with Crippen molar-refractivity contribution >= 4 is 11.9 Å². The van der Waals surface area contributed by atoms with Crippen LogP contribution in [0.4, 0.5) is 0 Å². The van der Waals surface area contributed by atoms with Crippen molar-refractivity contribution in [2.45, 2.75) is 71.1 Å². The molecule has 1 aromatic rings. The van der Waals surface area contributed by atoms with Crippen LogP contribution in [0.2, 0.25) is 0 Å². The van der Waals surface area contributed by atoms with Gasteiger partial charge in [-0.05, 0) is 43.4 Å². The number of carboxylic acids is 1. The lowest BCUT2D eigenvalue weighted by molar-refractivity contribution is -0.870. The normalized spacial score (nSPS) is 22.5. The number of hydrogen-bond acceptors (Lipinski definition) is 8. The lowest BCUT2D eigenvalue weighted by Gasteiger charge is -2.37. The summed E-state index contributed by atoms with van der Waals surface area (Å²) in [7, 11) is 8.11. The third kappa shape index (κ3) is 8.35. The molecule has 2 fully saturated rings. The van der Waals surface area contributed by atoms with Crippen LogP contribution in [0.1, 0.15) is 64.4 Å². The molecular formula is C33H54N3O8+. The van der Waals surface area contributed by atoms with Crippen molar-refractivity contribution in [1.82, 2.24) is 9.80 Å². The first-order valence-electron chi connectivity index (χ1n) is 16.1. The number of unbranched alkanes of at least 4 members (excludes halogenated alkanes) is 2. The molecule has 11 heteroatoms. The highest BCUT2D eigenvalue weighted by Crippen LogP contribution is 2.48. The summed E-state index contributed by atoms with van der Waals surface area (Å²) in [5, 5.41) is 10.7. The smallest absolute Gasteiger partial charge is 0.308 e. The SMILES string of the molecule is CCCCN(CCCC[N+](C)(C)C)C(=O)CN1C[C@H](c2cc(OC)c3c(c2)OCO3)[C@@H](C(=O)O)[C@@H]1CC(C)(C)C1OCCO1. The van der Waals surface area contributed by atoms with Crippen LogP contribution in [0, 0.1) is 11.3 Å². The number of carbonyl (C=O) groups is 2. The predicted molar refractivity (Wildman–Crippen MR) is 166 cm³/mol. The Kier molecular flexibility index (Phi) is 11.4. The molecule has 0 saturated carbocycles. The summed E-state index contributed by atoms with van der Waals surface area (Å²) >= 11 is 0. The summed E-state index contributed by atoms with van der Waals surface area (Å²) in [6.45, 7) is 10.4. The fourth-order valence-corrected chi connectivity index (χ4v) is 6.77. The first kappa shape index (κ1) is 34.3. The van der Waals surface area contributed by atoms with Gasteiger partial charge in [-0.2, -0.15) is 0 Å². The molecule has 4 rings (SSSR count). The van der Waals surface area contributed by atoms with Crippen LogP contribution >= 0.6 is 0 Å². The van der Waals surface area contributed by atoms with Crippen LogP contribution in [-0.2, 0) is 19.1 Å². The number of likely N-dealkylation sites (tertiary alicyclic amines) is 1. The minimum Gasteiger partial charge on any atom is -0.493 e. The van der Waals surface area contributed by atoms with E-state index in [2.05, 4.69) is 46.8 Å². The minimum atomic E-state index is -0.890. The van der Waals surface area contributed by atoms with Crippen LogP contribution in [0.15, 0.2) is 12.1 Å². The molecular weight excluding hydrogens is 566 g/mol. The quantitative estimate of drug-likeness (QED) is 0.218. The van der Waals surface area contributed by atoms with Crippen LogP contribution in [-0.4, -0.2) is 125 Å². The van der Waals surface area contributed by atoms with E-state index in [4.69, 9.17) is 23.7 Å². The minimum absolute atomic E-state index is 0.0490. The number of carbonyl (C=O) groups excluding carboxylic acids is 1. The number of carboxylic acid groups (broad SMARTS) is 1. The molecule has 2 saturated heterocycles. The molecule has 3 aliphatic heterocycles. The van der Waals surface area contributed by atoms with Gasteiger partial charge < -0.3 is 38.2 Å². The Hall–Kier alpha value is -2.60. The van der Waals surface area contributed by atoms with E-state index in [1.54, 1.807) is 7.11 Å². The molecule has 0 radical (unpaired) electrons. The molecule has 11 nitrogen and oxygen atoms in total. The second-order valence-corrected chi connectivity index (χ2v) is 14.1. The van der Waals surface area contributed by atoms with E-state index in [9.17, 15) is 14.7 Å². The zero-order valence-corrected chi connectivity index (χ0v) is 27.8. The number of quaternary nitrogens is 1. The second-order valence-electron chi connectivity index (χ2n) is 14.1. The molecule has 44 heavy (non-hydrogen) atoms. The molecule has 1 N–H and O–H groups in total. The van der Waals surface area contributed by atoms with Crippen molar-refractivity contribution in [3.8, 4) is 17.2 Å². The summed E-state index contributed by atoms with van der Waals surface area (Å²) in [6, 6.07) is 3.31. The summed E-state index contributed by atoms with van der Waals surface area (Å²) in [5.41, 5.74) is 0.331. The molecule has 0 unspecified atom stereocenters. The molecule has 3 aliphatic rings. The number of benzene rings is 1. The van der Waals surface area contributed by atoms with E-state index >= 15 is 0 Å².